The van der Waals surface area contributed by atoms with E-state index in [2.05, 4.69) is 22.6 Å². The van der Waals surface area contributed by atoms with Crippen LogP contribution in [0, 0.1) is 0 Å². The van der Waals surface area contributed by atoms with Crippen molar-refractivity contribution < 1.29 is 4.79 Å². The summed E-state index contributed by atoms with van der Waals surface area (Å²) in [7, 11) is 2.20. The van der Waals surface area contributed by atoms with E-state index in [1.54, 1.807) is 0 Å². The van der Waals surface area contributed by atoms with Gasteiger partial charge in [0.15, 0.2) is 0 Å². The zero-order valence-electron chi connectivity index (χ0n) is 12.4. The minimum Gasteiger partial charge on any atom is -0.350 e. The highest BCUT2D eigenvalue weighted by Gasteiger charge is 2.18. The monoisotopic (exact) mass is 255 g/mol. The van der Waals surface area contributed by atoms with Gasteiger partial charge in [0.2, 0.25) is 5.91 Å². The van der Waals surface area contributed by atoms with E-state index in [-0.39, 0.29) is 11.4 Å². The van der Waals surface area contributed by atoms with Gasteiger partial charge in [0.05, 0.1) is 6.54 Å². The van der Waals surface area contributed by atoms with E-state index in [0.29, 0.717) is 12.6 Å². The van der Waals surface area contributed by atoms with E-state index in [4.69, 9.17) is 0 Å². The van der Waals surface area contributed by atoms with E-state index in [1.807, 2.05) is 20.8 Å². The number of likely N-dealkylation sites (tertiary alicyclic amines) is 1. The summed E-state index contributed by atoms with van der Waals surface area (Å²) in [6, 6.07) is 0.692. The molecule has 0 bridgehead atoms. The molecule has 1 unspecified atom stereocenters. The molecular formula is C14H29N3O. The predicted octanol–water partition coefficient (Wildman–Crippen LogP) is 1.37. The molecule has 1 fully saturated rings. The Bertz CT molecular complexity index is 260. The van der Waals surface area contributed by atoms with Crippen LogP contribution in [0.1, 0.15) is 46.5 Å². The normalized spacial score (nSPS) is 21.9. The standard InChI is InChI=1S/C14H29N3O/c1-14(2,3)16-13(18)11-15-9-8-12-7-5-6-10-17(12)4/h12,15H,5-11H2,1-4H3,(H,16,18). The summed E-state index contributed by atoms with van der Waals surface area (Å²) in [6.07, 6.45) is 5.11. The molecule has 0 aromatic carbocycles. The van der Waals surface area contributed by atoms with Gasteiger partial charge in [-0.25, -0.2) is 0 Å². The molecule has 0 spiro atoms. The molecule has 0 aromatic heterocycles. The summed E-state index contributed by atoms with van der Waals surface area (Å²) < 4.78 is 0. The summed E-state index contributed by atoms with van der Waals surface area (Å²) >= 11 is 0. The van der Waals surface area contributed by atoms with E-state index in [9.17, 15) is 4.79 Å². The number of nitrogens with zero attached hydrogens (tertiary/aromatic N) is 1. The second-order valence-electron chi connectivity index (χ2n) is 6.39. The van der Waals surface area contributed by atoms with Crippen LogP contribution in [-0.2, 0) is 4.79 Å². The zero-order chi connectivity index (χ0) is 13.6. The molecule has 2 N–H and O–H groups in total. The van der Waals surface area contributed by atoms with Crippen LogP contribution in [0.4, 0.5) is 0 Å². The number of amides is 1. The van der Waals surface area contributed by atoms with Crippen LogP contribution in [0.2, 0.25) is 0 Å². The van der Waals surface area contributed by atoms with E-state index in [0.717, 1.165) is 13.0 Å². The molecular weight excluding hydrogens is 226 g/mol. The molecule has 4 nitrogen and oxygen atoms in total. The third kappa shape index (κ3) is 6.36. The summed E-state index contributed by atoms with van der Waals surface area (Å²) in [5.74, 6) is 0.0829. The molecule has 1 heterocycles. The first-order chi connectivity index (χ1) is 8.38. The maximum atomic E-state index is 11.6. The first-order valence-electron chi connectivity index (χ1n) is 7.10. The fourth-order valence-electron chi connectivity index (χ4n) is 2.44. The van der Waals surface area contributed by atoms with Crippen LogP contribution in [0.25, 0.3) is 0 Å². The summed E-state index contributed by atoms with van der Waals surface area (Å²) in [6.45, 7) is 8.57. The van der Waals surface area contributed by atoms with Crippen molar-refractivity contribution in [2.75, 3.05) is 26.7 Å². The Balaban J connectivity index is 2.09. The fourth-order valence-corrected chi connectivity index (χ4v) is 2.44. The van der Waals surface area contributed by atoms with Crippen LogP contribution < -0.4 is 10.6 Å². The van der Waals surface area contributed by atoms with Crippen molar-refractivity contribution in [3.8, 4) is 0 Å². The number of hydrogen-bond acceptors (Lipinski definition) is 3. The molecule has 1 saturated heterocycles. The Labute approximate surface area is 111 Å². The first-order valence-corrected chi connectivity index (χ1v) is 7.10. The fraction of sp³-hybridized carbons (Fsp3) is 0.929. The molecule has 0 radical (unpaired) electrons. The molecule has 4 heteroatoms. The zero-order valence-corrected chi connectivity index (χ0v) is 12.4. The van der Waals surface area contributed by atoms with Crippen molar-refractivity contribution >= 4 is 5.91 Å². The van der Waals surface area contributed by atoms with Crippen molar-refractivity contribution in [1.29, 1.82) is 0 Å². The van der Waals surface area contributed by atoms with Crippen molar-refractivity contribution in [2.45, 2.75) is 58.0 Å². The number of carbonyl (C=O) groups is 1. The highest BCUT2D eigenvalue weighted by atomic mass is 16.2. The molecule has 1 atom stereocenters. The summed E-state index contributed by atoms with van der Waals surface area (Å²) in [5, 5.41) is 6.19. The number of hydrogen-bond donors (Lipinski definition) is 2. The molecule has 1 aliphatic rings. The Morgan fingerprint density at radius 2 is 2.06 bits per heavy atom. The summed E-state index contributed by atoms with van der Waals surface area (Å²) in [4.78, 5) is 14.0. The average molecular weight is 255 g/mol. The smallest absolute Gasteiger partial charge is 0.234 e. The van der Waals surface area contributed by atoms with Crippen molar-refractivity contribution in [3.63, 3.8) is 0 Å². The van der Waals surface area contributed by atoms with Gasteiger partial charge >= 0.3 is 0 Å². The SMILES string of the molecule is CN1CCCCC1CCNCC(=O)NC(C)(C)C. The number of rotatable bonds is 5. The van der Waals surface area contributed by atoms with Crippen molar-refractivity contribution in [2.24, 2.45) is 0 Å². The summed E-state index contributed by atoms with van der Waals surface area (Å²) in [5.41, 5.74) is -0.137. The van der Waals surface area contributed by atoms with Crippen LogP contribution >= 0.6 is 0 Å². The third-order valence-corrected chi connectivity index (χ3v) is 3.38. The predicted molar refractivity (Wildman–Crippen MR) is 75.7 cm³/mol. The third-order valence-electron chi connectivity index (χ3n) is 3.38. The minimum atomic E-state index is -0.137. The molecule has 0 aromatic rings. The highest BCUT2D eigenvalue weighted by Crippen LogP contribution is 2.16. The second-order valence-corrected chi connectivity index (χ2v) is 6.39. The second kappa shape index (κ2) is 7.10. The van der Waals surface area contributed by atoms with Gasteiger partial charge in [0, 0.05) is 11.6 Å². The molecule has 0 aliphatic carbocycles. The number of piperidine rings is 1. The molecule has 1 rings (SSSR count). The lowest BCUT2D eigenvalue weighted by atomic mass is 10.0. The van der Waals surface area contributed by atoms with Gasteiger partial charge in [-0.3, -0.25) is 4.79 Å². The van der Waals surface area contributed by atoms with Crippen LogP contribution in [0.3, 0.4) is 0 Å². The highest BCUT2D eigenvalue weighted by molar-refractivity contribution is 5.78. The molecule has 0 saturated carbocycles. The van der Waals surface area contributed by atoms with E-state index in [1.165, 1.54) is 25.8 Å². The number of nitrogens with one attached hydrogen (secondary N) is 2. The van der Waals surface area contributed by atoms with Gasteiger partial charge in [-0.2, -0.15) is 0 Å². The molecule has 106 valence electrons. The molecule has 18 heavy (non-hydrogen) atoms. The Morgan fingerprint density at radius 3 is 2.67 bits per heavy atom. The Morgan fingerprint density at radius 1 is 1.33 bits per heavy atom. The quantitative estimate of drug-likeness (QED) is 0.729. The van der Waals surface area contributed by atoms with Gasteiger partial charge in [-0.15, -0.1) is 0 Å². The van der Waals surface area contributed by atoms with E-state index < -0.39 is 0 Å². The van der Waals surface area contributed by atoms with Gasteiger partial charge in [-0.1, -0.05) is 6.42 Å². The van der Waals surface area contributed by atoms with Crippen molar-refractivity contribution in [1.82, 2.24) is 15.5 Å². The first kappa shape index (κ1) is 15.4. The lowest BCUT2D eigenvalue weighted by molar-refractivity contribution is -0.121. The van der Waals surface area contributed by atoms with Crippen LogP contribution in [-0.4, -0.2) is 49.1 Å². The van der Waals surface area contributed by atoms with Crippen LogP contribution in [0.5, 0.6) is 0 Å². The van der Waals surface area contributed by atoms with Gasteiger partial charge < -0.3 is 15.5 Å². The van der Waals surface area contributed by atoms with Crippen molar-refractivity contribution in [3.05, 3.63) is 0 Å². The Kier molecular flexibility index (Phi) is 6.09. The van der Waals surface area contributed by atoms with Crippen LogP contribution in [0.15, 0.2) is 0 Å². The van der Waals surface area contributed by atoms with Gasteiger partial charge in [0.25, 0.3) is 0 Å². The molecule has 1 aliphatic heterocycles. The maximum Gasteiger partial charge on any atom is 0.234 e. The van der Waals surface area contributed by atoms with E-state index >= 15 is 0 Å². The lowest BCUT2D eigenvalue weighted by Gasteiger charge is -2.32. The molecule has 1 amide bonds. The van der Waals surface area contributed by atoms with Gasteiger partial charge in [0.1, 0.15) is 0 Å². The van der Waals surface area contributed by atoms with Gasteiger partial charge in [-0.05, 0) is 60.2 Å². The average Bonchev–Trinajstić information content (AvgIpc) is 2.24. The minimum absolute atomic E-state index is 0.0829. The Hall–Kier alpha value is -0.610. The largest absolute Gasteiger partial charge is 0.350 e. The lowest BCUT2D eigenvalue weighted by Crippen LogP contribution is -2.45. The topological polar surface area (TPSA) is 44.4 Å². The number of carbonyl (C=O) groups excluding carboxylic acids is 1. The maximum absolute atomic E-state index is 11.6.